The third-order valence-corrected chi connectivity index (χ3v) is 7.56. The molecule has 3 aromatic heterocycles. The molecule has 0 radical (unpaired) electrons. The molecule has 3 heterocycles. The first-order valence-corrected chi connectivity index (χ1v) is 13.8. The average molecular weight is 576 g/mol. The molecule has 6 aromatic carbocycles. The molecule has 44 heavy (non-hydrogen) atoms. The lowest BCUT2D eigenvalue weighted by Crippen LogP contribution is -1.96. The second-order valence-corrected chi connectivity index (χ2v) is 10.1. The molecule has 0 saturated heterocycles. The van der Waals surface area contributed by atoms with Gasteiger partial charge in [0, 0.05) is 43.9 Å². The van der Waals surface area contributed by atoms with Crippen molar-refractivity contribution < 1.29 is 20.9 Å². The Hall–Kier alpha value is -6.00. The summed E-state index contributed by atoms with van der Waals surface area (Å²) < 4.78 is 113. The Morgan fingerprint density at radius 1 is 0.568 bits per heavy atom. The van der Waals surface area contributed by atoms with Gasteiger partial charge in [-0.25, -0.2) is 9.97 Å². The number of furan rings is 1. The van der Waals surface area contributed by atoms with Crippen LogP contribution in [-0.2, 0) is 0 Å². The summed E-state index contributed by atoms with van der Waals surface area (Å²) in [5.74, 6) is 0.236. The summed E-state index contributed by atoms with van der Waals surface area (Å²) in [6.45, 7) is 0. The molecule has 0 aliphatic carbocycles. The molecule has 0 amide bonds. The molecular weight excluding hydrogens is 538 g/mol. The number of aromatic nitrogens is 3. The van der Waals surface area contributed by atoms with E-state index in [1.807, 2.05) is 60.7 Å². The lowest BCUT2D eigenvalue weighted by atomic mass is 10.0. The molecule has 9 rings (SSSR count). The van der Waals surface area contributed by atoms with E-state index < -0.39 is 78.2 Å². The van der Waals surface area contributed by atoms with Gasteiger partial charge in [0.25, 0.3) is 0 Å². The standard InChI is InChI=1S/C40H25N3O/c1-3-12-26(13-4-1)40-41-34(25-35(42-40)32-19-11-18-31-30-17-8-10-21-38(30)44-39(31)32)27-22-23-37-33(24-27)29-16-7-9-20-36(29)43(37)28-14-5-2-6-15-28/h1-25H/i2D,5D,6D,7D,9D,14D,15D,16D,20D,22D,23D,24D. The highest BCUT2D eigenvalue weighted by Crippen LogP contribution is 2.38. The fourth-order valence-electron chi connectivity index (χ4n) is 5.60. The van der Waals surface area contributed by atoms with Gasteiger partial charge in [-0.15, -0.1) is 0 Å². The van der Waals surface area contributed by atoms with Crippen LogP contribution in [0.15, 0.2) is 156 Å². The Morgan fingerprint density at radius 3 is 2.23 bits per heavy atom. The zero-order valence-electron chi connectivity index (χ0n) is 34.8. The second kappa shape index (κ2) is 9.79. The van der Waals surface area contributed by atoms with Crippen LogP contribution in [-0.4, -0.2) is 14.5 Å². The number of fused-ring (bicyclic) bond motifs is 6. The molecule has 9 aromatic rings. The van der Waals surface area contributed by atoms with Gasteiger partial charge in [0.05, 0.1) is 38.9 Å². The molecule has 0 bridgehead atoms. The number of hydrogen-bond donors (Lipinski definition) is 0. The van der Waals surface area contributed by atoms with Gasteiger partial charge in [-0.05, 0) is 48.4 Å². The van der Waals surface area contributed by atoms with E-state index in [9.17, 15) is 4.11 Å². The molecule has 0 N–H and O–H groups in total. The largest absolute Gasteiger partial charge is 0.455 e. The maximum atomic E-state index is 9.70. The van der Waals surface area contributed by atoms with Crippen molar-refractivity contribution in [3.8, 4) is 39.6 Å². The van der Waals surface area contributed by atoms with Crippen molar-refractivity contribution in [3.63, 3.8) is 0 Å². The van der Waals surface area contributed by atoms with Crippen LogP contribution in [0.2, 0.25) is 0 Å². The molecule has 0 atom stereocenters. The summed E-state index contributed by atoms with van der Waals surface area (Å²) in [7, 11) is 0. The molecule has 206 valence electrons. The normalized spacial score (nSPS) is 15.5. The third kappa shape index (κ3) is 3.85. The molecule has 4 heteroatoms. The van der Waals surface area contributed by atoms with E-state index in [0.717, 1.165) is 15.3 Å². The molecule has 0 unspecified atom stereocenters. The molecule has 0 spiro atoms. The lowest BCUT2D eigenvalue weighted by Gasteiger charge is -2.11. The third-order valence-electron chi connectivity index (χ3n) is 7.56. The Bertz CT molecular complexity index is 3150. The minimum atomic E-state index is -0.710. The van der Waals surface area contributed by atoms with Gasteiger partial charge in [0.1, 0.15) is 11.2 Å². The lowest BCUT2D eigenvalue weighted by molar-refractivity contribution is 0.670. The van der Waals surface area contributed by atoms with Gasteiger partial charge in [-0.1, -0.05) is 103 Å². The van der Waals surface area contributed by atoms with E-state index in [-0.39, 0.29) is 38.9 Å². The Labute approximate surface area is 270 Å². The Kier molecular flexibility index (Phi) is 3.44. The van der Waals surface area contributed by atoms with Crippen LogP contribution in [0.25, 0.3) is 83.3 Å². The van der Waals surface area contributed by atoms with E-state index in [4.69, 9.17) is 26.7 Å². The van der Waals surface area contributed by atoms with Crippen LogP contribution in [0.1, 0.15) is 16.4 Å². The van der Waals surface area contributed by atoms with Crippen LogP contribution in [0.3, 0.4) is 0 Å². The van der Waals surface area contributed by atoms with Crippen LogP contribution in [0, 0.1) is 0 Å². The molecular formula is C40H25N3O. The van der Waals surface area contributed by atoms with Crippen LogP contribution < -0.4 is 0 Å². The topological polar surface area (TPSA) is 43.9 Å². The first-order valence-electron chi connectivity index (χ1n) is 19.8. The summed E-state index contributed by atoms with van der Waals surface area (Å²) >= 11 is 0. The number of rotatable bonds is 4. The summed E-state index contributed by atoms with van der Waals surface area (Å²) in [6, 6.07) is 16.4. The maximum absolute atomic E-state index is 9.70. The van der Waals surface area contributed by atoms with Crippen molar-refractivity contribution >= 4 is 43.7 Å². The zero-order valence-corrected chi connectivity index (χ0v) is 22.8. The minimum absolute atomic E-state index is 0.0666. The fraction of sp³-hybridized carbons (Fsp3) is 0. The number of nitrogens with zero attached hydrogens (tertiary/aromatic N) is 3. The summed E-state index contributed by atoms with van der Waals surface area (Å²) in [5, 5.41) is 1.33. The van der Waals surface area contributed by atoms with Gasteiger partial charge in [-0.3, -0.25) is 0 Å². The fourth-order valence-corrected chi connectivity index (χ4v) is 5.60. The molecule has 0 saturated carbocycles. The van der Waals surface area contributed by atoms with Crippen molar-refractivity contribution in [3.05, 3.63) is 151 Å². The van der Waals surface area contributed by atoms with Crippen molar-refractivity contribution in [1.82, 2.24) is 14.5 Å². The van der Waals surface area contributed by atoms with Gasteiger partial charge in [0.15, 0.2) is 5.82 Å². The Balaban J connectivity index is 1.43. The average Bonchev–Trinajstić information content (AvgIpc) is 3.77. The van der Waals surface area contributed by atoms with E-state index in [0.29, 0.717) is 28.0 Å². The van der Waals surface area contributed by atoms with Crippen molar-refractivity contribution in [2.24, 2.45) is 0 Å². The smallest absolute Gasteiger partial charge is 0.160 e. The molecule has 0 aliphatic rings. The summed E-state index contributed by atoms with van der Waals surface area (Å²) in [6.07, 6.45) is 0. The van der Waals surface area contributed by atoms with E-state index >= 15 is 0 Å². The first kappa shape index (κ1) is 15.5. The van der Waals surface area contributed by atoms with E-state index in [1.54, 1.807) is 18.2 Å². The predicted octanol–water partition coefficient (Wildman–Crippen LogP) is 10.5. The quantitative estimate of drug-likeness (QED) is 0.210. The molecule has 4 nitrogen and oxygen atoms in total. The highest BCUT2D eigenvalue weighted by atomic mass is 16.3. The summed E-state index contributed by atoms with van der Waals surface area (Å²) in [5.41, 5.74) is 1.62. The van der Waals surface area contributed by atoms with Crippen molar-refractivity contribution in [2.45, 2.75) is 0 Å². The van der Waals surface area contributed by atoms with E-state index in [2.05, 4.69) is 0 Å². The van der Waals surface area contributed by atoms with Crippen LogP contribution in [0.4, 0.5) is 0 Å². The first-order chi connectivity index (χ1) is 26.8. The number of para-hydroxylation sites is 4. The summed E-state index contributed by atoms with van der Waals surface area (Å²) in [4.78, 5) is 9.73. The zero-order chi connectivity index (χ0) is 39.5. The van der Waals surface area contributed by atoms with E-state index in [1.165, 1.54) is 0 Å². The monoisotopic (exact) mass is 575 g/mol. The predicted molar refractivity (Wildman–Crippen MR) is 180 cm³/mol. The molecule has 0 fully saturated rings. The van der Waals surface area contributed by atoms with Crippen molar-refractivity contribution in [1.29, 1.82) is 0 Å². The van der Waals surface area contributed by atoms with Crippen LogP contribution in [0.5, 0.6) is 0 Å². The number of hydrogen-bond acceptors (Lipinski definition) is 3. The number of benzene rings is 6. The van der Waals surface area contributed by atoms with Crippen molar-refractivity contribution in [2.75, 3.05) is 0 Å². The maximum Gasteiger partial charge on any atom is 0.160 e. The highest BCUT2D eigenvalue weighted by molar-refractivity contribution is 6.11. The van der Waals surface area contributed by atoms with Gasteiger partial charge >= 0.3 is 0 Å². The SMILES string of the molecule is [2H]c1c([2H])c([2H])c(-n2c3c([2H])c([2H])c([2H])c([2H])c3c3c([2H])c(-c4cc(-c5cccc6c5oc5ccccc56)nc(-c5ccccc5)n4)c([2H])c([2H])c32)c([2H])c1[2H]. The second-order valence-electron chi connectivity index (χ2n) is 10.1. The molecule has 0 aliphatic heterocycles. The van der Waals surface area contributed by atoms with Crippen LogP contribution >= 0.6 is 0 Å². The van der Waals surface area contributed by atoms with Gasteiger partial charge in [-0.2, -0.15) is 0 Å². The van der Waals surface area contributed by atoms with Gasteiger partial charge in [0.2, 0.25) is 0 Å². The highest BCUT2D eigenvalue weighted by Gasteiger charge is 2.18. The van der Waals surface area contributed by atoms with Gasteiger partial charge < -0.3 is 8.98 Å². The Morgan fingerprint density at radius 2 is 1.32 bits per heavy atom. The minimum Gasteiger partial charge on any atom is -0.455 e.